The Morgan fingerprint density at radius 2 is 1.82 bits per heavy atom. The lowest BCUT2D eigenvalue weighted by Crippen LogP contribution is -2.32. The zero-order valence-corrected chi connectivity index (χ0v) is 16.3. The average Bonchev–Trinajstić information content (AvgIpc) is 2.66. The van der Waals surface area contributed by atoms with Crippen LogP contribution in [0.15, 0.2) is 47.4 Å². The summed E-state index contributed by atoms with van der Waals surface area (Å²) < 4.78 is 44.3. The van der Waals surface area contributed by atoms with E-state index in [2.05, 4.69) is 5.32 Å². The predicted octanol–water partition coefficient (Wildman–Crippen LogP) is 2.16. The molecule has 2 rings (SSSR count). The van der Waals surface area contributed by atoms with Crippen molar-refractivity contribution < 1.29 is 27.1 Å². The molecule has 28 heavy (non-hydrogen) atoms. The van der Waals surface area contributed by atoms with Gasteiger partial charge in [0.05, 0.1) is 0 Å². The number of carbonyl (C=O) groups is 2. The number of esters is 1. The second-order valence-electron chi connectivity index (χ2n) is 5.93. The largest absolute Gasteiger partial charge is 0.455 e. The van der Waals surface area contributed by atoms with E-state index in [9.17, 15) is 22.4 Å². The van der Waals surface area contributed by atoms with E-state index in [0.29, 0.717) is 5.69 Å². The van der Waals surface area contributed by atoms with Crippen LogP contribution in [0.3, 0.4) is 0 Å². The molecular weight excluding hydrogens is 387 g/mol. The molecule has 2 aromatic rings. The number of sulfonamides is 1. The lowest BCUT2D eigenvalue weighted by molar-refractivity contribution is -0.146. The van der Waals surface area contributed by atoms with Crippen LogP contribution in [0, 0.1) is 12.7 Å². The van der Waals surface area contributed by atoms with Crippen LogP contribution in [0.5, 0.6) is 0 Å². The number of rotatable bonds is 8. The summed E-state index contributed by atoms with van der Waals surface area (Å²) in [5, 5.41) is 2.69. The minimum absolute atomic E-state index is 0.547. The van der Waals surface area contributed by atoms with Crippen LogP contribution in [0.2, 0.25) is 0 Å². The van der Waals surface area contributed by atoms with Crippen molar-refractivity contribution in [2.45, 2.75) is 25.2 Å². The number of ether oxygens (including phenoxy) is 1. The number of para-hydroxylation sites is 1. The van der Waals surface area contributed by atoms with Gasteiger partial charge in [-0.25, -0.2) is 12.8 Å². The van der Waals surface area contributed by atoms with Gasteiger partial charge in [0.2, 0.25) is 10.0 Å². The highest BCUT2D eigenvalue weighted by Gasteiger charge is 2.20. The molecule has 0 aliphatic heterocycles. The van der Waals surface area contributed by atoms with Crippen LogP contribution < -0.4 is 10.0 Å². The maximum absolute atomic E-state index is 13.6. The molecule has 0 bridgehead atoms. The summed E-state index contributed by atoms with van der Waals surface area (Å²) in [6.45, 7) is 2.50. The SMILES string of the molecule is CCc1cccc(C)c1NC(=O)COC(=O)CNS(=O)(=O)c1ccccc1F. The maximum atomic E-state index is 13.6. The van der Waals surface area contributed by atoms with E-state index in [-0.39, 0.29) is 0 Å². The van der Waals surface area contributed by atoms with Gasteiger partial charge in [-0.05, 0) is 36.6 Å². The number of aryl methyl sites for hydroxylation is 2. The summed E-state index contributed by atoms with van der Waals surface area (Å²) >= 11 is 0. The number of halogens is 1. The lowest BCUT2D eigenvalue weighted by Gasteiger charge is -2.13. The Morgan fingerprint density at radius 1 is 1.11 bits per heavy atom. The Bertz CT molecular complexity index is 976. The third-order valence-corrected chi connectivity index (χ3v) is 5.34. The van der Waals surface area contributed by atoms with Crippen molar-refractivity contribution in [2.75, 3.05) is 18.5 Å². The summed E-state index contributed by atoms with van der Waals surface area (Å²) in [6, 6.07) is 10.4. The average molecular weight is 408 g/mol. The van der Waals surface area contributed by atoms with E-state index in [0.717, 1.165) is 29.7 Å². The zero-order valence-electron chi connectivity index (χ0n) is 15.5. The van der Waals surface area contributed by atoms with E-state index in [4.69, 9.17) is 4.74 Å². The third-order valence-electron chi connectivity index (χ3n) is 3.90. The highest BCUT2D eigenvalue weighted by atomic mass is 32.2. The minimum Gasteiger partial charge on any atom is -0.455 e. The summed E-state index contributed by atoms with van der Waals surface area (Å²) in [4.78, 5) is 23.2. The summed E-state index contributed by atoms with van der Waals surface area (Å²) in [6.07, 6.45) is 0.717. The molecule has 2 aromatic carbocycles. The second-order valence-corrected chi connectivity index (χ2v) is 7.66. The third kappa shape index (κ3) is 5.61. The zero-order chi connectivity index (χ0) is 20.7. The molecule has 0 fully saturated rings. The van der Waals surface area contributed by atoms with Gasteiger partial charge in [-0.15, -0.1) is 0 Å². The Kier molecular flexibility index (Phi) is 7.24. The van der Waals surface area contributed by atoms with Crippen molar-refractivity contribution in [3.63, 3.8) is 0 Å². The molecule has 0 heterocycles. The van der Waals surface area contributed by atoms with Crippen LogP contribution in [0.1, 0.15) is 18.1 Å². The number of nitrogens with one attached hydrogen (secondary N) is 2. The first-order valence-corrected chi connectivity index (χ1v) is 10.0. The fourth-order valence-electron chi connectivity index (χ4n) is 2.47. The van der Waals surface area contributed by atoms with Crippen LogP contribution in [-0.4, -0.2) is 33.4 Å². The monoisotopic (exact) mass is 408 g/mol. The number of hydrogen-bond donors (Lipinski definition) is 2. The Balaban J connectivity index is 1.88. The van der Waals surface area contributed by atoms with Crippen molar-refractivity contribution >= 4 is 27.6 Å². The lowest BCUT2D eigenvalue weighted by atomic mass is 10.1. The number of anilines is 1. The molecule has 0 unspecified atom stereocenters. The number of carbonyl (C=O) groups excluding carboxylic acids is 2. The summed E-state index contributed by atoms with van der Waals surface area (Å²) in [7, 11) is -4.21. The normalized spacial score (nSPS) is 11.1. The Labute approximate surface area is 163 Å². The molecule has 0 aliphatic rings. The van der Waals surface area contributed by atoms with Crippen LogP contribution >= 0.6 is 0 Å². The minimum atomic E-state index is -4.21. The maximum Gasteiger partial charge on any atom is 0.321 e. The van der Waals surface area contributed by atoms with Gasteiger partial charge in [-0.3, -0.25) is 9.59 Å². The van der Waals surface area contributed by atoms with Crippen LogP contribution in [-0.2, 0) is 30.8 Å². The van der Waals surface area contributed by atoms with E-state index >= 15 is 0 Å². The standard InChI is InChI=1S/C19H21FN2O5S/c1-3-14-8-6-7-13(2)19(14)22-17(23)12-27-18(24)11-21-28(25,26)16-10-5-4-9-15(16)20/h4-10,21H,3,11-12H2,1-2H3,(H,22,23). The van der Waals surface area contributed by atoms with Gasteiger partial charge in [0.25, 0.3) is 5.91 Å². The molecule has 0 radical (unpaired) electrons. The molecule has 0 atom stereocenters. The smallest absolute Gasteiger partial charge is 0.321 e. The van der Waals surface area contributed by atoms with Crippen molar-refractivity contribution in [3.05, 3.63) is 59.4 Å². The first-order chi connectivity index (χ1) is 13.2. The number of benzene rings is 2. The Morgan fingerprint density at radius 3 is 2.50 bits per heavy atom. The molecule has 7 nitrogen and oxygen atoms in total. The van der Waals surface area contributed by atoms with E-state index in [1.54, 1.807) is 0 Å². The van der Waals surface area contributed by atoms with Gasteiger partial charge in [0, 0.05) is 5.69 Å². The molecule has 0 aromatic heterocycles. The number of amides is 1. The van der Waals surface area contributed by atoms with Gasteiger partial charge in [0.1, 0.15) is 17.3 Å². The van der Waals surface area contributed by atoms with E-state index in [1.165, 1.54) is 12.1 Å². The molecule has 150 valence electrons. The molecule has 2 N–H and O–H groups in total. The van der Waals surface area contributed by atoms with Gasteiger partial charge in [-0.1, -0.05) is 37.3 Å². The molecule has 0 saturated carbocycles. The molecule has 9 heteroatoms. The molecule has 0 spiro atoms. The molecule has 0 saturated heterocycles. The van der Waals surface area contributed by atoms with Crippen LogP contribution in [0.25, 0.3) is 0 Å². The summed E-state index contributed by atoms with van der Waals surface area (Å²) in [5.41, 5.74) is 2.47. The second kappa shape index (κ2) is 9.43. The highest BCUT2D eigenvalue weighted by Crippen LogP contribution is 2.20. The summed E-state index contributed by atoms with van der Waals surface area (Å²) in [5.74, 6) is -2.45. The van der Waals surface area contributed by atoms with Crippen molar-refractivity contribution in [2.24, 2.45) is 0 Å². The predicted molar refractivity (Wildman–Crippen MR) is 102 cm³/mol. The fraction of sp³-hybridized carbons (Fsp3) is 0.263. The van der Waals surface area contributed by atoms with Crippen LogP contribution in [0.4, 0.5) is 10.1 Å². The van der Waals surface area contributed by atoms with E-state index in [1.807, 2.05) is 36.8 Å². The Hall–Kier alpha value is -2.78. The quantitative estimate of drug-likeness (QED) is 0.652. The molecule has 1 amide bonds. The van der Waals surface area contributed by atoms with Gasteiger partial charge in [0.15, 0.2) is 6.61 Å². The number of hydrogen-bond acceptors (Lipinski definition) is 5. The highest BCUT2D eigenvalue weighted by molar-refractivity contribution is 7.89. The van der Waals surface area contributed by atoms with Crippen molar-refractivity contribution in [1.82, 2.24) is 4.72 Å². The first kappa shape index (κ1) is 21.5. The van der Waals surface area contributed by atoms with Crippen molar-refractivity contribution in [3.8, 4) is 0 Å². The first-order valence-electron chi connectivity index (χ1n) is 8.52. The van der Waals surface area contributed by atoms with Gasteiger partial charge < -0.3 is 10.1 Å². The fourth-order valence-corrected chi connectivity index (χ4v) is 3.51. The van der Waals surface area contributed by atoms with Crippen molar-refractivity contribution in [1.29, 1.82) is 0 Å². The van der Waals surface area contributed by atoms with Gasteiger partial charge >= 0.3 is 5.97 Å². The topological polar surface area (TPSA) is 102 Å². The molecular formula is C19H21FN2O5S. The van der Waals surface area contributed by atoms with E-state index < -0.39 is 45.8 Å². The van der Waals surface area contributed by atoms with Gasteiger partial charge in [-0.2, -0.15) is 4.72 Å². The molecule has 0 aliphatic carbocycles.